The Hall–Kier alpha value is -3.55. The molecule has 2 aromatic carbocycles. The van der Waals surface area contributed by atoms with Crippen LogP contribution in [0.15, 0.2) is 54.6 Å². The first kappa shape index (κ1) is 20.7. The molecule has 0 N–H and O–H groups in total. The Morgan fingerprint density at radius 1 is 0.839 bits per heavy atom. The highest BCUT2D eigenvalue weighted by atomic mass is 16.7. The SMILES string of the molecule is CC1(C)OC(=O)C2(C(=O)O1)[C@@H](c1ccc([N+](=O)[O-])cc1)CC(=O)C[C@H]2c1ccccc1. The molecule has 1 aliphatic carbocycles. The normalized spacial score (nSPS) is 24.4. The van der Waals surface area contributed by atoms with Gasteiger partial charge in [0.15, 0.2) is 5.41 Å². The van der Waals surface area contributed by atoms with Gasteiger partial charge in [0.25, 0.3) is 11.5 Å². The second kappa shape index (κ2) is 7.30. The zero-order chi connectivity index (χ0) is 22.4. The van der Waals surface area contributed by atoms with E-state index in [1.807, 2.05) is 0 Å². The zero-order valence-corrected chi connectivity index (χ0v) is 17.1. The van der Waals surface area contributed by atoms with Crippen molar-refractivity contribution < 1.29 is 28.8 Å². The minimum atomic E-state index is -1.78. The summed E-state index contributed by atoms with van der Waals surface area (Å²) in [6, 6.07) is 14.4. The third-order valence-corrected chi connectivity index (χ3v) is 6.02. The van der Waals surface area contributed by atoms with E-state index < -0.39 is 39.9 Å². The van der Waals surface area contributed by atoms with Crippen LogP contribution in [0.2, 0.25) is 0 Å². The summed E-state index contributed by atoms with van der Waals surface area (Å²) in [6.45, 7) is 2.95. The first-order valence-electron chi connectivity index (χ1n) is 9.93. The number of non-ortho nitro benzene ring substituents is 1. The van der Waals surface area contributed by atoms with Crippen LogP contribution in [0.1, 0.15) is 49.7 Å². The van der Waals surface area contributed by atoms with Crippen molar-refractivity contribution in [1.29, 1.82) is 0 Å². The second-order valence-electron chi connectivity index (χ2n) is 8.36. The molecule has 2 atom stereocenters. The molecule has 1 heterocycles. The van der Waals surface area contributed by atoms with E-state index in [1.165, 1.54) is 38.1 Å². The van der Waals surface area contributed by atoms with Crippen molar-refractivity contribution in [3.05, 3.63) is 75.8 Å². The summed E-state index contributed by atoms with van der Waals surface area (Å²) in [4.78, 5) is 50.3. The molecule has 0 amide bonds. The number of nitrogens with zero attached hydrogens (tertiary/aromatic N) is 1. The summed E-state index contributed by atoms with van der Waals surface area (Å²) in [7, 11) is 0. The lowest BCUT2D eigenvalue weighted by Gasteiger charge is -2.49. The Bertz CT molecular complexity index is 1040. The van der Waals surface area contributed by atoms with E-state index in [-0.39, 0.29) is 24.3 Å². The van der Waals surface area contributed by atoms with Crippen LogP contribution < -0.4 is 0 Å². The molecule has 2 aliphatic rings. The van der Waals surface area contributed by atoms with E-state index in [0.717, 1.165) is 0 Å². The van der Waals surface area contributed by atoms with E-state index in [1.54, 1.807) is 30.3 Å². The van der Waals surface area contributed by atoms with Crippen LogP contribution in [0.25, 0.3) is 0 Å². The molecule has 0 unspecified atom stereocenters. The van der Waals surface area contributed by atoms with Gasteiger partial charge >= 0.3 is 11.9 Å². The Morgan fingerprint density at radius 2 is 1.32 bits per heavy atom. The lowest BCUT2D eigenvalue weighted by molar-refractivity contribution is -0.384. The first-order chi connectivity index (χ1) is 14.6. The van der Waals surface area contributed by atoms with Gasteiger partial charge in [-0.3, -0.25) is 24.5 Å². The van der Waals surface area contributed by atoms with Crippen molar-refractivity contribution >= 4 is 23.4 Å². The molecule has 1 saturated carbocycles. The van der Waals surface area contributed by atoms with Gasteiger partial charge in [0.05, 0.1) is 4.92 Å². The Balaban J connectivity index is 1.91. The Labute approximate surface area is 178 Å². The average molecular weight is 423 g/mol. The Morgan fingerprint density at radius 3 is 1.81 bits per heavy atom. The summed E-state index contributed by atoms with van der Waals surface area (Å²) < 4.78 is 11.1. The molecule has 2 aromatic rings. The van der Waals surface area contributed by atoms with Gasteiger partial charge in [0, 0.05) is 50.7 Å². The molecule has 2 fully saturated rings. The monoisotopic (exact) mass is 423 g/mol. The van der Waals surface area contributed by atoms with Gasteiger partial charge in [-0.05, 0) is 11.1 Å². The molecular formula is C23H21NO7. The third kappa shape index (κ3) is 3.37. The van der Waals surface area contributed by atoms with Crippen LogP contribution in [0, 0.1) is 15.5 Å². The van der Waals surface area contributed by atoms with Gasteiger partial charge in [-0.2, -0.15) is 0 Å². The molecular weight excluding hydrogens is 402 g/mol. The summed E-state index contributed by atoms with van der Waals surface area (Å²) in [5.41, 5.74) is -0.792. The standard InChI is InChI=1S/C23H21NO7/c1-22(2)30-20(26)23(21(27)31-22)18(14-6-4-3-5-7-14)12-17(25)13-19(23)15-8-10-16(11-9-15)24(28)29/h3-11,18-19H,12-13H2,1-2H3/t18-,19+/m0/s1. The van der Waals surface area contributed by atoms with Gasteiger partial charge in [0.1, 0.15) is 5.78 Å². The molecule has 1 saturated heterocycles. The molecule has 1 spiro atoms. The predicted octanol–water partition coefficient (Wildman–Crippen LogP) is 3.65. The highest BCUT2D eigenvalue weighted by Crippen LogP contribution is 2.57. The quantitative estimate of drug-likeness (QED) is 0.320. The van der Waals surface area contributed by atoms with Gasteiger partial charge in [-0.15, -0.1) is 0 Å². The summed E-state index contributed by atoms with van der Waals surface area (Å²) in [5, 5.41) is 11.1. The van der Waals surface area contributed by atoms with Gasteiger partial charge in [-0.25, -0.2) is 0 Å². The summed E-state index contributed by atoms with van der Waals surface area (Å²) in [5.74, 6) is -4.71. The number of nitro benzene ring substituents is 1. The molecule has 4 rings (SSSR count). The summed E-state index contributed by atoms with van der Waals surface area (Å²) >= 11 is 0. The van der Waals surface area contributed by atoms with E-state index in [0.29, 0.717) is 11.1 Å². The number of esters is 2. The van der Waals surface area contributed by atoms with Crippen LogP contribution in [0.5, 0.6) is 0 Å². The fraction of sp³-hybridized carbons (Fsp3) is 0.348. The number of carbonyl (C=O) groups excluding carboxylic acids is 3. The van der Waals surface area contributed by atoms with E-state index in [9.17, 15) is 24.5 Å². The van der Waals surface area contributed by atoms with Crippen molar-refractivity contribution in [2.75, 3.05) is 0 Å². The first-order valence-corrected chi connectivity index (χ1v) is 9.93. The molecule has 0 aromatic heterocycles. The molecule has 8 heteroatoms. The van der Waals surface area contributed by atoms with Crippen molar-refractivity contribution in [1.82, 2.24) is 0 Å². The molecule has 31 heavy (non-hydrogen) atoms. The zero-order valence-electron chi connectivity index (χ0n) is 17.1. The minimum Gasteiger partial charge on any atom is -0.422 e. The number of hydrogen-bond donors (Lipinski definition) is 0. The van der Waals surface area contributed by atoms with Crippen molar-refractivity contribution in [2.45, 2.75) is 44.3 Å². The van der Waals surface area contributed by atoms with Crippen molar-refractivity contribution in [2.24, 2.45) is 5.41 Å². The van der Waals surface area contributed by atoms with Crippen molar-refractivity contribution in [3.8, 4) is 0 Å². The predicted molar refractivity (Wildman–Crippen MR) is 108 cm³/mol. The topological polar surface area (TPSA) is 113 Å². The number of nitro groups is 1. The smallest absolute Gasteiger partial charge is 0.328 e. The van der Waals surface area contributed by atoms with E-state index in [4.69, 9.17) is 9.47 Å². The number of ketones is 1. The van der Waals surface area contributed by atoms with Crippen LogP contribution in [0.3, 0.4) is 0 Å². The lowest BCUT2D eigenvalue weighted by atomic mass is 9.55. The number of Topliss-reactive ketones (excluding diaryl/α,β-unsaturated/α-hetero) is 1. The maximum Gasteiger partial charge on any atom is 0.328 e. The maximum atomic E-state index is 13.5. The van der Waals surface area contributed by atoms with Crippen molar-refractivity contribution in [3.63, 3.8) is 0 Å². The fourth-order valence-corrected chi connectivity index (χ4v) is 4.67. The fourth-order valence-electron chi connectivity index (χ4n) is 4.67. The number of cyclic esters (lactones) is 2. The Kier molecular flexibility index (Phi) is 4.88. The molecule has 0 bridgehead atoms. The van der Waals surface area contributed by atoms with Crippen LogP contribution in [0.4, 0.5) is 5.69 Å². The second-order valence-corrected chi connectivity index (χ2v) is 8.36. The highest BCUT2D eigenvalue weighted by molar-refractivity contribution is 6.06. The molecule has 8 nitrogen and oxygen atoms in total. The van der Waals surface area contributed by atoms with E-state index in [2.05, 4.69) is 0 Å². The maximum absolute atomic E-state index is 13.5. The highest BCUT2D eigenvalue weighted by Gasteiger charge is 2.67. The number of rotatable bonds is 3. The minimum absolute atomic E-state index is 0.0158. The van der Waals surface area contributed by atoms with E-state index >= 15 is 0 Å². The number of hydrogen-bond acceptors (Lipinski definition) is 7. The average Bonchev–Trinajstić information content (AvgIpc) is 2.72. The number of ether oxygens (including phenoxy) is 2. The van der Waals surface area contributed by atoms with Gasteiger partial charge in [-0.1, -0.05) is 42.5 Å². The van der Waals surface area contributed by atoms with Crippen LogP contribution in [-0.4, -0.2) is 28.4 Å². The molecule has 0 radical (unpaired) electrons. The molecule has 160 valence electrons. The largest absolute Gasteiger partial charge is 0.422 e. The lowest BCUT2D eigenvalue weighted by Crippen LogP contribution is -2.61. The number of benzene rings is 2. The van der Waals surface area contributed by atoms with Gasteiger partial charge < -0.3 is 9.47 Å². The summed E-state index contributed by atoms with van der Waals surface area (Å²) in [6.07, 6.45) is -0.0934. The van der Waals surface area contributed by atoms with Crippen LogP contribution in [-0.2, 0) is 23.9 Å². The third-order valence-electron chi connectivity index (χ3n) is 6.02. The van der Waals surface area contributed by atoms with Crippen LogP contribution >= 0.6 is 0 Å². The van der Waals surface area contributed by atoms with Gasteiger partial charge in [0.2, 0.25) is 0 Å². The number of carbonyl (C=O) groups is 3. The molecule has 1 aliphatic heterocycles.